The summed E-state index contributed by atoms with van der Waals surface area (Å²) in [6, 6.07) is 8.24. The summed E-state index contributed by atoms with van der Waals surface area (Å²) >= 11 is 1.55. The van der Waals surface area contributed by atoms with E-state index in [-0.39, 0.29) is 5.91 Å². The predicted octanol–water partition coefficient (Wildman–Crippen LogP) is 3.22. The van der Waals surface area contributed by atoms with Gasteiger partial charge in [0.1, 0.15) is 5.01 Å². The molecule has 4 aromatic rings. The Balaban J connectivity index is 1.26. The van der Waals surface area contributed by atoms with E-state index in [1.165, 1.54) is 10.9 Å². The Bertz CT molecular complexity index is 997. The summed E-state index contributed by atoms with van der Waals surface area (Å²) < 4.78 is 1.76. The standard InChI is InChI=1S/C18H19N5OS/c1-12-22-23-11-14(21-18(23)25-12)10-20-17(24)8-4-5-13-9-19-16-7-3-2-6-15(13)16/h2-3,6-7,9,11,19H,4-5,8,10H2,1H3,(H,20,24). The van der Waals surface area contributed by atoms with E-state index >= 15 is 0 Å². The monoisotopic (exact) mass is 353 g/mol. The lowest BCUT2D eigenvalue weighted by molar-refractivity contribution is -0.121. The number of benzene rings is 1. The number of fused-ring (bicyclic) bond motifs is 2. The first-order valence-electron chi connectivity index (χ1n) is 8.32. The molecule has 0 aliphatic carbocycles. The maximum atomic E-state index is 12.0. The SMILES string of the molecule is Cc1nn2cc(CNC(=O)CCCc3c[nH]c4ccccc34)nc2s1. The van der Waals surface area contributed by atoms with Crippen LogP contribution >= 0.6 is 11.3 Å². The first kappa shape index (κ1) is 15.8. The summed E-state index contributed by atoms with van der Waals surface area (Å²) in [5.74, 6) is 0.0559. The smallest absolute Gasteiger partial charge is 0.220 e. The number of imidazole rings is 1. The van der Waals surface area contributed by atoms with Crippen molar-refractivity contribution in [3.63, 3.8) is 0 Å². The summed E-state index contributed by atoms with van der Waals surface area (Å²) in [6.45, 7) is 2.40. The van der Waals surface area contributed by atoms with E-state index in [4.69, 9.17) is 0 Å². The molecule has 2 N–H and O–H groups in total. The van der Waals surface area contributed by atoms with E-state index in [0.717, 1.165) is 34.0 Å². The Morgan fingerprint density at radius 1 is 1.36 bits per heavy atom. The molecule has 7 heteroatoms. The van der Waals surface area contributed by atoms with Crippen molar-refractivity contribution in [2.75, 3.05) is 0 Å². The van der Waals surface area contributed by atoms with Crippen LogP contribution in [-0.4, -0.2) is 25.5 Å². The van der Waals surface area contributed by atoms with Crippen molar-refractivity contribution < 1.29 is 4.79 Å². The van der Waals surface area contributed by atoms with Crippen LogP contribution in [0.2, 0.25) is 0 Å². The van der Waals surface area contributed by atoms with Gasteiger partial charge >= 0.3 is 0 Å². The van der Waals surface area contributed by atoms with Crippen molar-refractivity contribution >= 4 is 33.1 Å². The first-order chi connectivity index (χ1) is 12.2. The highest BCUT2D eigenvalue weighted by Gasteiger charge is 2.08. The van der Waals surface area contributed by atoms with Gasteiger partial charge in [0.2, 0.25) is 10.9 Å². The van der Waals surface area contributed by atoms with Crippen molar-refractivity contribution in [2.24, 2.45) is 0 Å². The zero-order valence-corrected chi connectivity index (χ0v) is 14.8. The van der Waals surface area contributed by atoms with Gasteiger partial charge in [0, 0.05) is 23.5 Å². The van der Waals surface area contributed by atoms with Gasteiger partial charge < -0.3 is 10.3 Å². The average Bonchev–Trinajstić information content (AvgIpc) is 3.26. The maximum Gasteiger partial charge on any atom is 0.220 e. The second-order valence-corrected chi connectivity index (χ2v) is 7.23. The summed E-state index contributed by atoms with van der Waals surface area (Å²) in [7, 11) is 0. The van der Waals surface area contributed by atoms with Crippen molar-refractivity contribution in [3.05, 3.63) is 52.9 Å². The minimum atomic E-state index is 0.0559. The molecule has 1 aromatic carbocycles. The molecule has 3 aromatic heterocycles. The topological polar surface area (TPSA) is 75.1 Å². The van der Waals surface area contributed by atoms with Gasteiger partial charge in [-0.05, 0) is 31.4 Å². The number of H-pyrrole nitrogens is 1. The third-order valence-corrected chi connectivity index (χ3v) is 5.02. The van der Waals surface area contributed by atoms with E-state index in [1.54, 1.807) is 15.9 Å². The van der Waals surface area contributed by atoms with E-state index in [0.29, 0.717) is 13.0 Å². The molecule has 0 atom stereocenters. The Morgan fingerprint density at radius 2 is 2.24 bits per heavy atom. The summed E-state index contributed by atoms with van der Waals surface area (Å²) in [4.78, 5) is 20.6. The summed E-state index contributed by atoms with van der Waals surface area (Å²) in [5, 5.41) is 9.48. The molecule has 1 amide bonds. The largest absolute Gasteiger partial charge is 0.361 e. The number of amides is 1. The molecule has 0 bridgehead atoms. The maximum absolute atomic E-state index is 12.0. The van der Waals surface area contributed by atoms with Gasteiger partial charge in [-0.1, -0.05) is 29.5 Å². The van der Waals surface area contributed by atoms with E-state index in [9.17, 15) is 4.79 Å². The summed E-state index contributed by atoms with van der Waals surface area (Å²) in [5.41, 5.74) is 3.24. The molecule has 6 nitrogen and oxygen atoms in total. The minimum absolute atomic E-state index is 0.0559. The Kier molecular flexibility index (Phi) is 4.23. The van der Waals surface area contributed by atoms with Crippen LogP contribution < -0.4 is 5.32 Å². The number of aromatic amines is 1. The lowest BCUT2D eigenvalue weighted by atomic mass is 10.1. The van der Waals surface area contributed by atoms with Crippen molar-refractivity contribution in [2.45, 2.75) is 32.7 Å². The molecule has 0 fully saturated rings. The molecule has 0 saturated carbocycles. The number of rotatable bonds is 6. The second-order valence-electron chi connectivity index (χ2n) is 6.07. The second kappa shape index (κ2) is 6.68. The van der Waals surface area contributed by atoms with Crippen molar-refractivity contribution in [1.29, 1.82) is 0 Å². The van der Waals surface area contributed by atoms with Crippen LogP contribution in [-0.2, 0) is 17.8 Å². The fourth-order valence-corrected chi connectivity index (χ4v) is 3.73. The molecule has 0 aliphatic heterocycles. The van der Waals surface area contributed by atoms with Gasteiger partial charge in [-0.25, -0.2) is 9.50 Å². The predicted molar refractivity (Wildman–Crippen MR) is 98.7 cm³/mol. The summed E-state index contributed by atoms with van der Waals surface area (Å²) in [6.07, 6.45) is 6.13. The number of hydrogen-bond acceptors (Lipinski definition) is 4. The number of nitrogens with one attached hydrogen (secondary N) is 2. The number of nitrogens with zero attached hydrogens (tertiary/aromatic N) is 3. The van der Waals surface area contributed by atoms with Gasteiger partial charge in [-0.2, -0.15) is 5.10 Å². The van der Waals surface area contributed by atoms with Crippen LogP contribution in [0.4, 0.5) is 0 Å². The first-order valence-corrected chi connectivity index (χ1v) is 9.14. The Labute approximate surface area is 148 Å². The van der Waals surface area contributed by atoms with Crippen molar-refractivity contribution in [1.82, 2.24) is 24.9 Å². The highest BCUT2D eigenvalue weighted by atomic mass is 32.1. The van der Waals surface area contributed by atoms with Gasteiger partial charge in [0.15, 0.2) is 0 Å². The molecule has 0 radical (unpaired) electrons. The highest BCUT2D eigenvalue weighted by Crippen LogP contribution is 2.19. The minimum Gasteiger partial charge on any atom is -0.361 e. The Hall–Kier alpha value is -2.67. The molecule has 25 heavy (non-hydrogen) atoms. The van der Waals surface area contributed by atoms with Gasteiger partial charge in [-0.15, -0.1) is 0 Å². The molecular weight excluding hydrogens is 334 g/mol. The molecule has 4 rings (SSSR count). The van der Waals surface area contributed by atoms with Gasteiger partial charge in [-0.3, -0.25) is 4.79 Å². The zero-order valence-electron chi connectivity index (χ0n) is 14.0. The normalized spacial score (nSPS) is 11.4. The molecular formula is C18H19N5OS. The molecule has 3 heterocycles. The fraction of sp³-hybridized carbons (Fsp3) is 0.278. The number of carbonyl (C=O) groups excluding carboxylic acids is 1. The van der Waals surface area contributed by atoms with Crippen LogP contribution in [0.3, 0.4) is 0 Å². The van der Waals surface area contributed by atoms with Crippen molar-refractivity contribution in [3.8, 4) is 0 Å². The van der Waals surface area contributed by atoms with E-state index < -0.39 is 0 Å². The van der Waals surface area contributed by atoms with E-state index in [1.807, 2.05) is 31.5 Å². The molecule has 128 valence electrons. The third-order valence-electron chi connectivity index (χ3n) is 4.19. The van der Waals surface area contributed by atoms with E-state index in [2.05, 4.69) is 32.5 Å². The lowest BCUT2D eigenvalue weighted by Gasteiger charge is -2.03. The molecule has 0 spiro atoms. The number of aryl methyl sites for hydroxylation is 2. The Morgan fingerprint density at radius 3 is 3.12 bits per heavy atom. The highest BCUT2D eigenvalue weighted by molar-refractivity contribution is 7.16. The van der Waals surface area contributed by atoms with Crippen LogP contribution in [0.15, 0.2) is 36.7 Å². The van der Waals surface area contributed by atoms with Crippen LogP contribution in [0.5, 0.6) is 0 Å². The van der Waals surface area contributed by atoms with Crippen LogP contribution in [0.25, 0.3) is 15.9 Å². The van der Waals surface area contributed by atoms with Crippen LogP contribution in [0, 0.1) is 6.92 Å². The third kappa shape index (κ3) is 3.41. The number of carbonyl (C=O) groups is 1. The van der Waals surface area contributed by atoms with Gasteiger partial charge in [0.25, 0.3) is 0 Å². The van der Waals surface area contributed by atoms with Gasteiger partial charge in [0.05, 0.1) is 18.4 Å². The number of para-hydroxylation sites is 1. The molecule has 0 aliphatic rings. The molecule has 0 unspecified atom stereocenters. The quantitative estimate of drug-likeness (QED) is 0.559. The number of hydrogen-bond donors (Lipinski definition) is 2. The number of aromatic nitrogens is 4. The zero-order chi connectivity index (χ0) is 17.2. The average molecular weight is 353 g/mol. The van der Waals surface area contributed by atoms with Crippen LogP contribution in [0.1, 0.15) is 29.1 Å². The fourth-order valence-electron chi connectivity index (χ4n) is 2.99. The molecule has 0 saturated heterocycles. The lowest BCUT2D eigenvalue weighted by Crippen LogP contribution is -2.22.